The molecule has 0 heterocycles. The molecule has 0 aliphatic heterocycles. The number of benzene rings is 3. The van der Waals surface area contributed by atoms with Gasteiger partial charge in [-0.1, -0.05) is 42.5 Å². The van der Waals surface area contributed by atoms with Gasteiger partial charge in [0.25, 0.3) is 0 Å². The fourth-order valence-corrected chi connectivity index (χ4v) is 3.61. The molecule has 3 aromatic rings. The normalized spacial score (nSPS) is 10.6. The van der Waals surface area contributed by atoms with Gasteiger partial charge in [-0.2, -0.15) is 0 Å². The summed E-state index contributed by atoms with van der Waals surface area (Å²) in [4.78, 5) is 38.7. The first kappa shape index (κ1) is 22.8. The summed E-state index contributed by atoms with van der Waals surface area (Å²) in [6.07, 6.45) is 0.881. The molecule has 7 heteroatoms. The number of hydrogen-bond acceptors (Lipinski definition) is 5. The van der Waals surface area contributed by atoms with Crippen molar-refractivity contribution < 1.29 is 24.2 Å². The van der Waals surface area contributed by atoms with E-state index in [2.05, 4.69) is 0 Å². The van der Waals surface area contributed by atoms with E-state index in [1.807, 2.05) is 42.5 Å². The first-order chi connectivity index (χ1) is 15.4. The largest absolute Gasteiger partial charge is 0.478 e. The number of nitrogens with zero attached hydrogens (tertiary/aromatic N) is 2. The van der Waals surface area contributed by atoms with Crippen molar-refractivity contribution in [1.29, 1.82) is 0 Å². The van der Waals surface area contributed by atoms with Crippen LogP contribution >= 0.6 is 0 Å². The number of esters is 1. The molecule has 3 rings (SSSR count). The van der Waals surface area contributed by atoms with Gasteiger partial charge in [0.05, 0.1) is 36.5 Å². The molecule has 0 saturated heterocycles. The summed E-state index contributed by atoms with van der Waals surface area (Å²) in [6.45, 7) is 2.67. The Morgan fingerprint density at radius 1 is 1.03 bits per heavy atom. The third kappa shape index (κ3) is 5.24. The third-order valence-corrected chi connectivity index (χ3v) is 5.25. The van der Waals surface area contributed by atoms with E-state index in [0.717, 1.165) is 22.7 Å². The number of anilines is 2. The van der Waals surface area contributed by atoms with E-state index in [9.17, 15) is 19.5 Å². The molecule has 32 heavy (non-hydrogen) atoms. The maximum atomic E-state index is 12.1. The van der Waals surface area contributed by atoms with Crippen LogP contribution in [0.5, 0.6) is 0 Å². The predicted molar refractivity (Wildman–Crippen MR) is 124 cm³/mol. The van der Waals surface area contributed by atoms with E-state index < -0.39 is 5.97 Å². The topological polar surface area (TPSA) is 87.2 Å². The number of carboxylic acid groups (broad SMARTS) is 1. The Morgan fingerprint density at radius 2 is 1.78 bits per heavy atom. The van der Waals surface area contributed by atoms with Gasteiger partial charge in [0.1, 0.15) is 0 Å². The summed E-state index contributed by atoms with van der Waals surface area (Å²) in [7, 11) is 1.75. The highest BCUT2D eigenvalue weighted by Gasteiger charge is 2.18. The lowest BCUT2D eigenvalue weighted by molar-refractivity contribution is -0.142. The minimum absolute atomic E-state index is 0.0998. The Bertz CT molecular complexity index is 1120. The van der Waals surface area contributed by atoms with E-state index >= 15 is 0 Å². The monoisotopic (exact) mass is 434 g/mol. The number of carboxylic acids is 1. The maximum Gasteiger partial charge on any atom is 0.335 e. The van der Waals surface area contributed by atoms with Crippen molar-refractivity contribution >= 4 is 40.5 Å². The maximum absolute atomic E-state index is 12.1. The molecule has 1 amide bonds. The SMILES string of the molecule is CCOC(=O)CCN(C)c1cc(C(=O)O)ccc1N(C=O)Cc1cccc2ccccc12. The summed E-state index contributed by atoms with van der Waals surface area (Å²) >= 11 is 0. The molecule has 0 atom stereocenters. The number of amides is 1. The molecule has 0 fully saturated rings. The minimum atomic E-state index is -1.07. The quantitative estimate of drug-likeness (QED) is 0.382. The second-order valence-electron chi connectivity index (χ2n) is 7.36. The molecule has 3 aromatic carbocycles. The van der Waals surface area contributed by atoms with Crippen LogP contribution in [0.2, 0.25) is 0 Å². The molecule has 7 nitrogen and oxygen atoms in total. The Hall–Kier alpha value is -3.87. The van der Waals surface area contributed by atoms with Crippen molar-refractivity contribution in [2.45, 2.75) is 19.9 Å². The molecule has 0 aliphatic rings. The highest BCUT2D eigenvalue weighted by molar-refractivity contribution is 5.94. The van der Waals surface area contributed by atoms with Crippen LogP contribution in [0, 0.1) is 0 Å². The van der Waals surface area contributed by atoms with E-state index in [-0.39, 0.29) is 18.0 Å². The molecular formula is C25H26N2O5. The lowest BCUT2D eigenvalue weighted by atomic mass is 10.0. The van der Waals surface area contributed by atoms with Gasteiger partial charge >= 0.3 is 11.9 Å². The number of fused-ring (bicyclic) bond motifs is 1. The van der Waals surface area contributed by atoms with Crippen molar-refractivity contribution in [2.24, 2.45) is 0 Å². The molecule has 0 aliphatic carbocycles. The van der Waals surface area contributed by atoms with Crippen LogP contribution in [0.3, 0.4) is 0 Å². The highest BCUT2D eigenvalue weighted by Crippen LogP contribution is 2.32. The van der Waals surface area contributed by atoms with E-state index in [1.165, 1.54) is 12.1 Å². The zero-order chi connectivity index (χ0) is 23.1. The van der Waals surface area contributed by atoms with E-state index in [0.29, 0.717) is 31.1 Å². The fraction of sp³-hybridized carbons (Fsp3) is 0.240. The zero-order valence-electron chi connectivity index (χ0n) is 18.2. The number of hydrogen-bond donors (Lipinski definition) is 1. The third-order valence-electron chi connectivity index (χ3n) is 5.25. The van der Waals surface area contributed by atoms with Gasteiger partial charge in [-0.05, 0) is 41.5 Å². The van der Waals surface area contributed by atoms with Gasteiger partial charge in [-0.3, -0.25) is 9.59 Å². The molecule has 166 valence electrons. The first-order valence-electron chi connectivity index (χ1n) is 10.4. The van der Waals surface area contributed by atoms with Gasteiger partial charge in [0.15, 0.2) is 0 Å². The molecule has 0 radical (unpaired) electrons. The van der Waals surface area contributed by atoms with E-state index in [1.54, 1.807) is 29.8 Å². The minimum Gasteiger partial charge on any atom is -0.478 e. The Balaban J connectivity index is 1.95. The van der Waals surface area contributed by atoms with Gasteiger partial charge in [0, 0.05) is 13.6 Å². The number of rotatable bonds is 10. The summed E-state index contributed by atoms with van der Waals surface area (Å²) < 4.78 is 4.98. The van der Waals surface area contributed by atoms with Crippen LogP contribution in [0.15, 0.2) is 60.7 Å². The second-order valence-corrected chi connectivity index (χ2v) is 7.36. The summed E-state index contributed by atoms with van der Waals surface area (Å²) in [6, 6.07) is 18.5. The predicted octanol–water partition coefficient (Wildman–Crippen LogP) is 4.09. The molecule has 0 aromatic heterocycles. The van der Waals surface area contributed by atoms with Gasteiger partial charge in [-0.25, -0.2) is 4.79 Å². The lowest BCUT2D eigenvalue weighted by Crippen LogP contribution is -2.27. The molecule has 0 saturated carbocycles. The number of ether oxygens (including phenoxy) is 1. The van der Waals surface area contributed by atoms with Crippen molar-refractivity contribution in [2.75, 3.05) is 30.0 Å². The number of carbonyl (C=O) groups is 3. The van der Waals surface area contributed by atoms with Crippen molar-refractivity contribution in [3.63, 3.8) is 0 Å². The van der Waals surface area contributed by atoms with Crippen LogP contribution < -0.4 is 9.80 Å². The average molecular weight is 434 g/mol. The van der Waals surface area contributed by atoms with Crippen LogP contribution in [0.4, 0.5) is 11.4 Å². The Labute approximate surface area is 186 Å². The number of carbonyl (C=O) groups excluding carboxylic acids is 2. The highest BCUT2D eigenvalue weighted by atomic mass is 16.5. The molecule has 1 N–H and O–H groups in total. The Kier molecular flexibility index (Phi) is 7.44. The van der Waals surface area contributed by atoms with Crippen LogP contribution in [0.25, 0.3) is 10.8 Å². The van der Waals surface area contributed by atoms with Gasteiger partial charge in [-0.15, -0.1) is 0 Å². The average Bonchev–Trinajstić information content (AvgIpc) is 2.81. The molecule has 0 spiro atoms. The van der Waals surface area contributed by atoms with Crippen molar-refractivity contribution in [3.05, 3.63) is 71.8 Å². The first-order valence-corrected chi connectivity index (χ1v) is 10.4. The second kappa shape index (κ2) is 10.4. The summed E-state index contributed by atoms with van der Waals surface area (Å²) in [5.74, 6) is -1.40. The van der Waals surface area contributed by atoms with E-state index in [4.69, 9.17) is 4.74 Å². The molecular weight excluding hydrogens is 408 g/mol. The standard InChI is InChI=1S/C25H26N2O5/c1-3-32-24(29)13-14-26(2)23-15-19(25(30)31)11-12-22(23)27(17-28)16-20-9-6-8-18-7-4-5-10-21(18)20/h4-12,15,17H,3,13-14,16H2,1-2H3,(H,30,31). The van der Waals surface area contributed by atoms with Crippen molar-refractivity contribution in [3.8, 4) is 0 Å². The number of aromatic carboxylic acids is 1. The molecule has 0 bridgehead atoms. The fourth-order valence-electron chi connectivity index (χ4n) is 3.61. The van der Waals surface area contributed by atoms with Crippen LogP contribution in [0.1, 0.15) is 29.3 Å². The smallest absolute Gasteiger partial charge is 0.335 e. The van der Waals surface area contributed by atoms with Crippen molar-refractivity contribution in [1.82, 2.24) is 0 Å². The van der Waals surface area contributed by atoms with Gasteiger partial charge in [0.2, 0.25) is 6.41 Å². The van der Waals surface area contributed by atoms with Crippen LogP contribution in [-0.2, 0) is 20.9 Å². The van der Waals surface area contributed by atoms with Gasteiger partial charge < -0.3 is 19.6 Å². The summed E-state index contributed by atoms with van der Waals surface area (Å²) in [5, 5.41) is 11.6. The molecule has 0 unspecified atom stereocenters. The van der Waals surface area contributed by atoms with Crippen LogP contribution in [-0.4, -0.2) is 43.7 Å². The zero-order valence-corrected chi connectivity index (χ0v) is 18.2. The lowest BCUT2D eigenvalue weighted by Gasteiger charge is -2.27. The summed E-state index contributed by atoms with van der Waals surface area (Å²) in [5.41, 5.74) is 2.17. The Morgan fingerprint density at radius 3 is 2.50 bits per heavy atom.